The Kier molecular flexibility index (Phi) is 6.56. The molecule has 0 aromatic carbocycles. The van der Waals surface area contributed by atoms with Crippen molar-refractivity contribution in [2.24, 2.45) is 5.92 Å². The SMILES string of the molecule is CCC1CCC(NCC(=O)N(CC)CC)CC1. The van der Waals surface area contributed by atoms with Crippen LogP contribution in [0.4, 0.5) is 0 Å². The maximum atomic E-state index is 11.8. The van der Waals surface area contributed by atoms with Crippen LogP contribution in [0.5, 0.6) is 0 Å². The predicted molar refractivity (Wildman–Crippen MR) is 72.0 cm³/mol. The van der Waals surface area contributed by atoms with Gasteiger partial charge in [0.05, 0.1) is 6.54 Å². The second kappa shape index (κ2) is 7.70. The van der Waals surface area contributed by atoms with E-state index < -0.39 is 0 Å². The summed E-state index contributed by atoms with van der Waals surface area (Å²) < 4.78 is 0. The smallest absolute Gasteiger partial charge is 0.236 e. The third-order valence-corrected chi connectivity index (χ3v) is 4.08. The predicted octanol–water partition coefficient (Wildman–Crippen LogP) is 2.41. The zero-order chi connectivity index (χ0) is 12.7. The van der Waals surface area contributed by atoms with Crippen LogP contribution < -0.4 is 5.32 Å². The fourth-order valence-corrected chi connectivity index (χ4v) is 2.69. The zero-order valence-corrected chi connectivity index (χ0v) is 11.7. The third-order valence-electron chi connectivity index (χ3n) is 4.08. The van der Waals surface area contributed by atoms with Crippen molar-refractivity contribution in [2.75, 3.05) is 19.6 Å². The Morgan fingerprint density at radius 1 is 1.12 bits per heavy atom. The van der Waals surface area contributed by atoms with E-state index in [2.05, 4.69) is 12.2 Å². The van der Waals surface area contributed by atoms with Gasteiger partial charge < -0.3 is 10.2 Å². The largest absolute Gasteiger partial charge is 0.342 e. The maximum Gasteiger partial charge on any atom is 0.236 e. The topological polar surface area (TPSA) is 32.3 Å². The summed E-state index contributed by atoms with van der Waals surface area (Å²) in [5, 5.41) is 3.42. The van der Waals surface area contributed by atoms with Crippen LogP contribution >= 0.6 is 0 Å². The van der Waals surface area contributed by atoms with Crippen LogP contribution in [0.15, 0.2) is 0 Å². The lowest BCUT2D eigenvalue weighted by Gasteiger charge is -2.29. The minimum atomic E-state index is 0.243. The minimum absolute atomic E-state index is 0.243. The number of carbonyl (C=O) groups is 1. The first-order valence-corrected chi connectivity index (χ1v) is 7.22. The molecule has 0 spiro atoms. The Labute approximate surface area is 106 Å². The number of carbonyl (C=O) groups excluding carboxylic acids is 1. The van der Waals surface area contributed by atoms with Crippen LogP contribution in [-0.4, -0.2) is 36.5 Å². The fraction of sp³-hybridized carbons (Fsp3) is 0.929. The van der Waals surface area contributed by atoms with E-state index in [1.165, 1.54) is 32.1 Å². The average molecular weight is 240 g/mol. The van der Waals surface area contributed by atoms with Gasteiger partial charge >= 0.3 is 0 Å². The van der Waals surface area contributed by atoms with E-state index in [4.69, 9.17) is 0 Å². The van der Waals surface area contributed by atoms with E-state index in [-0.39, 0.29) is 5.91 Å². The van der Waals surface area contributed by atoms with Crippen LogP contribution in [0.1, 0.15) is 52.9 Å². The van der Waals surface area contributed by atoms with E-state index in [9.17, 15) is 4.79 Å². The standard InChI is InChI=1S/C14H28N2O/c1-4-12-7-9-13(10-8-12)15-11-14(17)16(5-2)6-3/h12-13,15H,4-11H2,1-3H3. The first-order valence-electron chi connectivity index (χ1n) is 7.22. The lowest BCUT2D eigenvalue weighted by atomic mass is 9.84. The van der Waals surface area contributed by atoms with Gasteiger partial charge in [0.1, 0.15) is 0 Å². The quantitative estimate of drug-likeness (QED) is 0.773. The summed E-state index contributed by atoms with van der Waals surface area (Å²) in [4.78, 5) is 13.7. The van der Waals surface area contributed by atoms with Crippen LogP contribution in [0, 0.1) is 5.92 Å². The highest BCUT2D eigenvalue weighted by atomic mass is 16.2. The molecule has 0 saturated heterocycles. The summed E-state index contributed by atoms with van der Waals surface area (Å²) in [5.74, 6) is 1.17. The Morgan fingerprint density at radius 2 is 1.71 bits per heavy atom. The highest BCUT2D eigenvalue weighted by molar-refractivity contribution is 5.78. The van der Waals surface area contributed by atoms with Crippen molar-refractivity contribution in [3.8, 4) is 0 Å². The Hall–Kier alpha value is -0.570. The van der Waals surface area contributed by atoms with Gasteiger partial charge in [-0.2, -0.15) is 0 Å². The molecule has 0 aromatic rings. The number of rotatable bonds is 6. The molecule has 1 saturated carbocycles. The molecule has 3 nitrogen and oxygen atoms in total. The van der Waals surface area contributed by atoms with E-state index in [1.54, 1.807) is 0 Å². The molecule has 1 rings (SSSR count). The van der Waals surface area contributed by atoms with Gasteiger partial charge in [-0.3, -0.25) is 4.79 Å². The average Bonchev–Trinajstić information content (AvgIpc) is 2.38. The molecule has 0 aromatic heterocycles. The molecule has 0 bridgehead atoms. The van der Waals surface area contributed by atoms with Crippen molar-refractivity contribution in [1.29, 1.82) is 0 Å². The van der Waals surface area contributed by atoms with Gasteiger partial charge in [-0.25, -0.2) is 0 Å². The van der Waals surface area contributed by atoms with E-state index >= 15 is 0 Å². The molecule has 1 aliphatic rings. The summed E-state index contributed by atoms with van der Waals surface area (Å²) in [6, 6.07) is 0.567. The molecule has 17 heavy (non-hydrogen) atoms. The number of nitrogens with zero attached hydrogens (tertiary/aromatic N) is 1. The Morgan fingerprint density at radius 3 is 2.18 bits per heavy atom. The summed E-state index contributed by atoms with van der Waals surface area (Å²) in [7, 11) is 0. The fourth-order valence-electron chi connectivity index (χ4n) is 2.69. The van der Waals surface area contributed by atoms with Gasteiger partial charge in [-0.05, 0) is 45.4 Å². The molecule has 0 radical (unpaired) electrons. The van der Waals surface area contributed by atoms with Crippen molar-refractivity contribution < 1.29 is 4.79 Å². The molecule has 0 unspecified atom stereocenters. The lowest BCUT2D eigenvalue weighted by Crippen LogP contribution is -2.42. The van der Waals surface area contributed by atoms with Crippen LogP contribution in [-0.2, 0) is 4.79 Å². The number of amides is 1. The summed E-state index contributed by atoms with van der Waals surface area (Å²) in [6.45, 7) is 8.51. The van der Waals surface area contributed by atoms with E-state index in [0.29, 0.717) is 12.6 Å². The van der Waals surface area contributed by atoms with Crippen molar-refractivity contribution in [3.63, 3.8) is 0 Å². The molecule has 3 heteroatoms. The van der Waals surface area contributed by atoms with Crippen LogP contribution in [0.2, 0.25) is 0 Å². The molecule has 1 fully saturated rings. The normalized spacial score (nSPS) is 24.6. The second-order valence-electron chi connectivity index (χ2n) is 5.07. The van der Waals surface area contributed by atoms with Gasteiger partial charge in [-0.1, -0.05) is 13.3 Å². The van der Waals surface area contributed by atoms with Gasteiger partial charge in [0, 0.05) is 19.1 Å². The summed E-state index contributed by atoms with van der Waals surface area (Å²) in [6.07, 6.45) is 6.44. The minimum Gasteiger partial charge on any atom is -0.342 e. The van der Waals surface area contributed by atoms with Crippen molar-refractivity contribution in [1.82, 2.24) is 10.2 Å². The van der Waals surface area contributed by atoms with E-state index in [1.807, 2.05) is 18.7 Å². The van der Waals surface area contributed by atoms with Crippen molar-refractivity contribution >= 4 is 5.91 Å². The molecule has 1 aliphatic carbocycles. The molecule has 100 valence electrons. The first-order chi connectivity index (χ1) is 8.21. The number of hydrogen-bond donors (Lipinski definition) is 1. The van der Waals surface area contributed by atoms with Crippen molar-refractivity contribution in [3.05, 3.63) is 0 Å². The monoisotopic (exact) mass is 240 g/mol. The molecule has 1 amide bonds. The van der Waals surface area contributed by atoms with Crippen LogP contribution in [0.25, 0.3) is 0 Å². The highest BCUT2D eigenvalue weighted by Gasteiger charge is 2.20. The lowest BCUT2D eigenvalue weighted by molar-refractivity contribution is -0.130. The molecule has 0 heterocycles. The third kappa shape index (κ3) is 4.66. The van der Waals surface area contributed by atoms with Crippen LogP contribution in [0.3, 0.4) is 0 Å². The number of nitrogens with one attached hydrogen (secondary N) is 1. The first kappa shape index (κ1) is 14.5. The summed E-state index contributed by atoms with van der Waals surface area (Å²) in [5.41, 5.74) is 0. The highest BCUT2D eigenvalue weighted by Crippen LogP contribution is 2.26. The number of likely N-dealkylation sites (N-methyl/N-ethyl adjacent to an activating group) is 1. The van der Waals surface area contributed by atoms with Crippen molar-refractivity contribution in [2.45, 2.75) is 58.9 Å². The van der Waals surface area contributed by atoms with Gasteiger partial charge in [0.25, 0.3) is 0 Å². The maximum absolute atomic E-state index is 11.8. The van der Waals surface area contributed by atoms with Gasteiger partial charge in [-0.15, -0.1) is 0 Å². The molecular formula is C14H28N2O. The Balaban J connectivity index is 2.21. The molecular weight excluding hydrogens is 212 g/mol. The molecule has 0 atom stereocenters. The molecule has 1 N–H and O–H groups in total. The summed E-state index contributed by atoms with van der Waals surface area (Å²) >= 11 is 0. The van der Waals surface area contributed by atoms with E-state index in [0.717, 1.165) is 19.0 Å². The van der Waals surface area contributed by atoms with Gasteiger partial charge in [0.2, 0.25) is 5.91 Å². The molecule has 0 aliphatic heterocycles. The second-order valence-corrected chi connectivity index (χ2v) is 5.07. The number of hydrogen-bond acceptors (Lipinski definition) is 2. The zero-order valence-electron chi connectivity index (χ0n) is 11.7. The Bertz CT molecular complexity index is 218. The van der Waals surface area contributed by atoms with Gasteiger partial charge in [0.15, 0.2) is 0 Å².